The molecule has 1 fully saturated rings. The van der Waals surface area contributed by atoms with Crippen LogP contribution in [0.25, 0.3) is 10.2 Å². The zero-order chi connectivity index (χ0) is 19.5. The summed E-state index contributed by atoms with van der Waals surface area (Å²) in [7, 11) is 0. The van der Waals surface area contributed by atoms with E-state index in [0.717, 1.165) is 53.6 Å². The number of ether oxygens (including phenoxy) is 1. The lowest BCUT2D eigenvalue weighted by Crippen LogP contribution is -2.41. The highest BCUT2D eigenvalue weighted by Gasteiger charge is 2.17. The van der Waals surface area contributed by atoms with Crippen molar-refractivity contribution in [2.45, 2.75) is 20.4 Å². The molecule has 148 valence electrons. The van der Waals surface area contributed by atoms with E-state index in [-0.39, 0.29) is 5.91 Å². The van der Waals surface area contributed by atoms with Gasteiger partial charge in [-0.2, -0.15) is 5.10 Å². The fraction of sp³-hybridized carbons (Fsp3) is 0.429. The van der Waals surface area contributed by atoms with Crippen LogP contribution in [0.4, 0.5) is 0 Å². The zero-order valence-electron chi connectivity index (χ0n) is 16.4. The number of amides is 1. The first-order chi connectivity index (χ1) is 13.6. The van der Waals surface area contributed by atoms with Gasteiger partial charge in [-0.05, 0) is 25.5 Å². The number of aryl methyl sites for hydroxylation is 2. The highest BCUT2D eigenvalue weighted by Crippen LogP contribution is 2.28. The third kappa shape index (κ3) is 4.27. The van der Waals surface area contributed by atoms with E-state index in [4.69, 9.17) is 4.74 Å². The summed E-state index contributed by atoms with van der Waals surface area (Å²) >= 11 is 1.52. The first-order valence-corrected chi connectivity index (χ1v) is 10.5. The number of carbonyl (C=O) groups is 1. The van der Waals surface area contributed by atoms with Crippen LogP contribution in [0.3, 0.4) is 0 Å². The molecule has 0 aliphatic carbocycles. The quantitative estimate of drug-likeness (QED) is 0.694. The predicted octanol–water partition coefficient (Wildman–Crippen LogP) is 2.82. The van der Waals surface area contributed by atoms with Crippen molar-refractivity contribution in [3.8, 4) is 0 Å². The Kier molecular flexibility index (Phi) is 5.75. The van der Waals surface area contributed by atoms with Crippen LogP contribution in [0.5, 0.6) is 0 Å². The fourth-order valence-electron chi connectivity index (χ4n) is 3.44. The molecule has 6 nitrogen and oxygen atoms in total. The summed E-state index contributed by atoms with van der Waals surface area (Å²) < 4.78 is 7.36. The van der Waals surface area contributed by atoms with Gasteiger partial charge in [0.2, 0.25) is 0 Å². The largest absolute Gasteiger partial charge is 0.379 e. The van der Waals surface area contributed by atoms with Crippen molar-refractivity contribution >= 4 is 27.5 Å². The van der Waals surface area contributed by atoms with Gasteiger partial charge in [0.05, 0.1) is 30.3 Å². The summed E-state index contributed by atoms with van der Waals surface area (Å²) in [6.07, 6.45) is 0. The van der Waals surface area contributed by atoms with Crippen LogP contribution in [0, 0.1) is 13.8 Å². The maximum Gasteiger partial charge on any atom is 0.261 e. The second kappa shape index (κ2) is 8.43. The number of morpholine rings is 1. The van der Waals surface area contributed by atoms with Crippen molar-refractivity contribution in [2.75, 3.05) is 39.4 Å². The number of rotatable bonds is 6. The standard InChI is InChI=1S/C21H26N4O2S/c1-15-3-5-17(6-4-15)14-25-21-18(16(2)23-25)13-19(28-21)20(26)22-7-8-24-9-11-27-12-10-24/h3-6,13H,7-12,14H2,1-2H3,(H,22,26). The smallest absolute Gasteiger partial charge is 0.261 e. The van der Waals surface area contributed by atoms with Crippen molar-refractivity contribution < 1.29 is 9.53 Å². The third-order valence-electron chi connectivity index (χ3n) is 5.10. The Balaban J connectivity index is 1.43. The van der Waals surface area contributed by atoms with Crippen LogP contribution in [0.2, 0.25) is 0 Å². The molecule has 7 heteroatoms. The first kappa shape index (κ1) is 19.1. The minimum atomic E-state index is -0.00394. The number of fused-ring (bicyclic) bond motifs is 1. The number of nitrogens with zero attached hydrogens (tertiary/aromatic N) is 3. The Morgan fingerprint density at radius 1 is 1.21 bits per heavy atom. The van der Waals surface area contributed by atoms with Gasteiger partial charge in [0.15, 0.2) is 0 Å². The average Bonchev–Trinajstić information content (AvgIpc) is 3.26. The molecule has 0 atom stereocenters. The Morgan fingerprint density at radius 2 is 1.96 bits per heavy atom. The normalized spacial score (nSPS) is 15.2. The van der Waals surface area contributed by atoms with Crippen molar-refractivity contribution in [1.82, 2.24) is 20.0 Å². The molecule has 0 radical (unpaired) electrons. The van der Waals surface area contributed by atoms with E-state index in [1.54, 1.807) is 0 Å². The van der Waals surface area contributed by atoms with Crippen molar-refractivity contribution in [3.63, 3.8) is 0 Å². The summed E-state index contributed by atoms with van der Waals surface area (Å²) in [4.78, 5) is 16.7. The molecule has 28 heavy (non-hydrogen) atoms. The molecule has 1 aliphatic rings. The van der Waals surface area contributed by atoms with Gasteiger partial charge in [0.1, 0.15) is 4.83 Å². The van der Waals surface area contributed by atoms with Gasteiger partial charge in [-0.3, -0.25) is 14.4 Å². The highest BCUT2D eigenvalue weighted by atomic mass is 32.1. The van der Waals surface area contributed by atoms with E-state index < -0.39 is 0 Å². The summed E-state index contributed by atoms with van der Waals surface area (Å²) in [6.45, 7) is 9.75. The number of aromatic nitrogens is 2. The zero-order valence-corrected chi connectivity index (χ0v) is 17.2. The second-order valence-corrected chi connectivity index (χ2v) is 8.30. The molecular formula is C21H26N4O2S. The van der Waals surface area contributed by atoms with Crippen molar-refractivity contribution in [1.29, 1.82) is 0 Å². The summed E-state index contributed by atoms with van der Waals surface area (Å²) in [5.74, 6) is -0.00394. The van der Waals surface area contributed by atoms with Crippen molar-refractivity contribution in [3.05, 3.63) is 52.0 Å². The number of thiophene rings is 1. The van der Waals surface area contributed by atoms with E-state index in [9.17, 15) is 4.79 Å². The maximum atomic E-state index is 12.6. The summed E-state index contributed by atoms with van der Waals surface area (Å²) in [6, 6.07) is 10.5. The Morgan fingerprint density at radius 3 is 2.71 bits per heavy atom. The van der Waals surface area contributed by atoms with Crippen LogP contribution in [0.15, 0.2) is 30.3 Å². The lowest BCUT2D eigenvalue weighted by molar-refractivity contribution is 0.0383. The van der Waals surface area contributed by atoms with Gasteiger partial charge in [0.25, 0.3) is 5.91 Å². The molecule has 0 unspecified atom stereocenters. The summed E-state index contributed by atoms with van der Waals surface area (Å²) in [5.41, 5.74) is 3.42. The minimum absolute atomic E-state index is 0.00394. The first-order valence-electron chi connectivity index (χ1n) is 9.71. The van der Waals surface area contributed by atoms with Gasteiger partial charge in [-0.15, -0.1) is 11.3 Å². The van der Waals surface area contributed by atoms with Gasteiger partial charge < -0.3 is 10.1 Å². The number of carbonyl (C=O) groups excluding carboxylic acids is 1. The lowest BCUT2D eigenvalue weighted by Gasteiger charge is -2.26. The monoisotopic (exact) mass is 398 g/mol. The SMILES string of the molecule is Cc1ccc(Cn2nc(C)c3cc(C(=O)NCCN4CCOCC4)sc32)cc1. The molecule has 0 bridgehead atoms. The van der Waals surface area contributed by atoms with E-state index in [2.05, 4.69) is 46.5 Å². The van der Waals surface area contributed by atoms with Crippen LogP contribution >= 0.6 is 11.3 Å². The lowest BCUT2D eigenvalue weighted by atomic mass is 10.1. The Hall–Kier alpha value is -2.22. The Bertz CT molecular complexity index is 955. The van der Waals surface area contributed by atoms with Gasteiger partial charge >= 0.3 is 0 Å². The maximum absolute atomic E-state index is 12.6. The summed E-state index contributed by atoms with van der Waals surface area (Å²) in [5, 5.41) is 8.78. The molecule has 1 saturated heterocycles. The minimum Gasteiger partial charge on any atom is -0.379 e. The molecule has 0 saturated carbocycles. The second-order valence-electron chi connectivity index (χ2n) is 7.27. The van der Waals surface area contributed by atoms with Crippen LogP contribution < -0.4 is 5.32 Å². The van der Waals surface area contributed by atoms with E-state index >= 15 is 0 Å². The molecule has 1 amide bonds. The van der Waals surface area contributed by atoms with Crippen LogP contribution in [-0.4, -0.2) is 60.0 Å². The predicted molar refractivity (Wildman–Crippen MR) is 112 cm³/mol. The van der Waals surface area contributed by atoms with Gasteiger partial charge in [0, 0.05) is 31.6 Å². The van der Waals surface area contributed by atoms with E-state index in [1.165, 1.54) is 22.5 Å². The molecule has 4 rings (SSSR count). The van der Waals surface area contributed by atoms with Gasteiger partial charge in [-0.25, -0.2) is 0 Å². The van der Waals surface area contributed by atoms with Crippen molar-refractivity contribution in [2.24, 2.45) is 0 Å². The van der Waals surface area contributed by atoms with E-state index in [1.807, 2.05) is 17.7 Å². The van der Waals surface area contributed by atoms with Crippen LogP contribution in [-0.2, 0) is 11.3 Å². The molecule has 1 N–H and O–H groups in total. The third-order valence-corrected chi connectivity index (χ3v) is 6.25. The number of hydrogen-bond acceptors (Lipinski definition) is 5. The molecule has 3 aromatic rings. The molecular weight excluding hydrogens is 372 g/mol. The average molecular weight is 399 g/mol. The van der Waals surface area contributed by atoms with Crippen LogP contribution in [0.1, 0.15) is 26.5 Å². The fourth-order valence-corrected chi connectivity index (χ4v) is 4.51. The molecule has 2 aromatic heterocycles. The van der Waals surface area contributed by atoms with Gasteiger partial charge in [-0.1, -0.05) is 29.8 Å². The topological polar surface area (TPSA) is 59.4 Å². The molecule has 1 aromatic carbocycles. The number of hydrogen-bond donors (Lipinski definition) is 1. The number of nitrogens with one attached hydrogen (secondary N) is 1. The molecule has 1 aliphatic heterocycles. The number of benzene rings is 1. The van der Waals surface area contributed by atoms with E-state index in [0.29, 0.717) is 13.1 Å². The Labute approximate surface area is 169 Å². The molecule has 3 heterocycles. The molecule has 0 spiro atoms. The highest BCUT2D eigenvalue weighted by molar-refractivity contribution is 7.20.